The number of fused-ring (bicyclic) bond motifs is 4. The summed E-state index contributed by atoms with van der Waals surface area (Å²) in [6, 6.07) is 0.491. The first kappa shape index (κ1) is 17.1. The second kappa shape index (κ2) is 5.56. The molecular formula is C21H35NO2. The van der Waals surface area contributed by atoms with E-state index in [1.165, 1.54) is 37.7 Å². The Bertz CT molecular complexity index is 554. The Kier molecular flexibility index (Phi) is 3.95. The van der Waals surface area contributed by atoms with E-state index in [1.54, 1.807) is 5.57 Å². The van der Waals surface area contributed by atoms with Gasteiger partial charge in [-0.3, -0.25) is 0 Å². The minimum atomic E-state index is -0.567. The Morgan fingerprint density at radius 3 is 2.42 bits per heavy atom. The predicted octanol–water partition coefficient (Wildman–Crippen LogP) is 3.26. The fourth-order valence-corrected chi connectivity index (χ4v) is 7.02. The number of allylic oxidation sites excluding steroid dienone is 1. The lowest BCUT2D eigenvalue weighted by Crippen LogP contribution is -2.61. The Hall–Kier alpha value is -0.380. The first-order valence-electron chi connectivity index (χ1n) is 10.1. The van der Waals surface area contributed by atoms with E-state index in [4.69, 9.17) is 0 Å². The molecule has 7 atom stereocenters. The predicted molar refractivity (Wildman–Crippen MR) is 96.6 cm³/mol. The molecular weight excluding hydrogens is 298 g/mol. The molecule has 0 bridgehead atoms. The van der Waals surface area contributed by atoms with E-state index in [0.717, 1.165) is 12.8 Å². The maximum absolute atomic E-state index is 11.1. The molecule has 2 fully saturated rings. The zero-order chi connectivity index (χ0) is 17.3. The van der Waals surface area contributed by atoms with E-state index in [-0.39, 0.29) is 17.3 Å². The number of hydrogen-bond acceptors (Lipinski definition) is 3. The van der Waals surface area contributed by atoms with Crippen LogP contribution in [-0.2, 0) is 0 Å². The minimum Gasteiger partial charge on any atom is -0.390 e. The van der Waals surface area contributed by atoms with Crippen molar-refractivity contribution >= 4 is 0 Å². The van der Waals surface area contributed by atoms with E-state index in [1.807, 2.05) is 7.05 Å². The summed E-state index contributed by atoms with van der Waals surface area (Å²) >= 11 is 0. The highest BCUT2D eigenvalue weighted by Crippen LogP contribution is 2.63. The van der Waals surface area contributed by atoms with Crippen molar-refractivity contribution in [1.82, 2.24) is 5.32 Å². The third-order valence-corrected chi connectivity index (χ3v) is 8.57. The first-order chi connectivity index (χ1) is 11.3. The Morgan fingerprint density at radius 2 is 1.71 bits per heavy atom. The van der Waals surface area contributed by atoms with Gasteiger partial charge in [-0.25, -0.2) is 0 Å². The summed E-state index contributed by atoms with van der Waals surface area (Å²) in [5.41, 5.74) is 3.62. The molecule has 136 valence electrons. The highest BCUT2D eigenvalue weighted by Gasteiger charge is 2.60. The topological polar surface area (TPSA) is 52.5 Å². The fourth-order valence-electron chi connectivity index (χ4n) is 7.02. The first-order valence-corrected chi connectivity index (χ1v) is 10.1. The molecule has 0 radical (unpaired) electrons. The molecule has 3 heteroatoms. The fraction of sp³-hybridized carbons (Fsp3) is 0.905. The molecule has 0 heterocycles. The van der Waals surface area contributed by atoms with Crippen LogP contribution in [0.5, 0.6) is 0 Å². The third kappa shape index (κ3) is 2.20. The lowest BCUT2D eigenvalue weighted by atomic mass is 9.47. The zero-order valence-electron chi connectivity index (χ0n) is 15.8. The van der Waals surface area contributed by atoms with Gasteiger partial charge in [0.2, 0.25) is 0 Å². The maximum Gasteiger partial charge on any atom is 0.0870 e. The second-order valence-electron chi connectivity index (χ2n) is 9.91. The van der Waals surface area contributed by atoms with Crippen LogP contribution in [0.1, 0.15) is 65.7 Å². The van der Waals surface area contributed by atoms with Gasteiger partial charge >= 0.3 is 0 Å². The van der Waals surface area contributed by atoms with Crippen LogP contribution in [-0.4, -0.2) is 35.5 Å². The van der Waals surface area contributed by atoms with Gasteiger partial charge in [-0.15, -0.1) is 0 Å². The molecule has 0 saturated heterocycles. The van der Waals surface area contributed by atoms with Gasteiger partial charge in [-0.1, -0.05) is 31.9 Å². The molecule has 4 rings (SSSR count). The number of rotatable bonds is 1. The van der Waals surface area contributed by atoms with Crippen molar-refractivity contribution in [3.8, 4) is 0 Å². The molecule has 0 aromatic carbocycles. The summed E-state index contributed by atoms with van der Waals surface area (Å²) in [5, 5.41) is 25.5. The average molecular weight is 334 g/mol. The third-order valence-electron chi connectivity index (χ3n) is 8.57. The highest BCUT2D eigenvalue weighted by atomic mass is 16.3. The van der Waals surface area contributed by atoms with Crippen LogP contribution >= 0.6 is 0 Å². The van der Waals surface area contributed by atoms with Crippen LogP contribution < -0.4 is 5.32 Å². The monoisotopic (exact) mass is 333 g/mol. The van der Waals surface area contributed by atoms with Gasteiger partial charge in [0.15, 0.2) is 0 Å². The molecule has 0 aliphatic heterocycles. The van der Waals surface area contributed by atoms with Gasteiger partial charge in [0, 0.05) is 12.0 Å². The minimum absolute atomic E-state index is 0.182. The molecule has 0 aromatic heterocycles. The standard InChI is InChI=1S/C21H35NO2/c1-20(2)9-8-13-14(20)5-6-15-17(13)19(24)18(23)16-11-12(22-4)7-10-21(15,16)3/h12,15-19,22-24H,5-11H2,1-4H3/t12-,15?,16?,17?,18+,19+,21+/m0/s1. The van der Waals surface area contributed by atoms with Crippen LogP contribution in [0.2, 0.25) is 0 Å². The van der Waals surface area contributed by atoms with E-state index in [2.05, 4.69) is 26.1 Å². The van der Waals surface area contributed by atoms with Crippen LogP contribution in [0.4, 0.5) is 0 Å². The highest BCUT2D eigenvalue weighted by molar-refractivity contribution is 5.34. The second-order valence-corrected chi connectivity index (χ2v) is 9.91. The van der Waals surface area contributed by atoms with Crippen molar-refractivity contribution in [1.29, 1.82) is 0 Å². The largest absolute Gasteiger partial charge is 0.390 e. The van der Waals surface area contributed by atoms with Crippen molar-refractivity contribution in [2.24, 2.45) is 28.6 Å². The normalized spacial score (nSPS) is 50.2. The van der Waals surface area contributed by atoms with Gasteiger partial charge < -0.3 is 15.5 Å². The molecule has 2 saturated carbocycles. The molecule has 3 N–H and O–H groups in total. The smallest absolute Gasteiger partial charge is 0.0870 e. The molecule has 3 nitrogen and oxygen atoms in total. The number of aliphatic hydroxyl groups excluding tert-OH is 2. The van der Waals surface area contributed by atoms with Crippen LogP contribution in [0, 0.1) is 28.6 Å². The van der Waals surface area contributed by atoms with E-state index in [9.17, 15) is 10.2 Å². The van der Waals surface area contributed by atoms with Gasteiger partial charge in [0.25, 0.3) is 0 Å². The number of hydrogen-bond donors (Lipinski definition) is 3. The molecule has 4 aliphatic carbocycles. The Morgan fingerprint density at radius 1 is 0.958 bits per heavy atom. The molecule has 0 aromatic rings. The average Bonchev–Trinajstić information content (AvgIpc) is 2.87. The summed E-state index contributed by atoms with van der Waals surface area (Å²) in [5.74, 6) is 0.987. The van der Waals surface area contributed by atoms with Crippen molar-refractivity contribution in [3.63, 3.8) is 0 Å². The van der Waals surface area contributed by atoms with Crippen molar-refractivity contribution in [3.05, 3.63) is 11.1 Å². The Balaban J connectivity index is 1.72. The van der Waals surface area contributed by atoms with Gasteiger partial charge in [-0.05, 0) is 74.7 Å². The number of nitrogens with one attached hydrogen (secondary N) is 1. The van der Waals surface area contributed by atoms with Crippen LogP contribution in [0.3, 0.4) is 0 Å². The summed E-state index contributed by atoms with van der Waals surface area (Å²) < 4.78 is 0. The SMILES string of the molecule is CN[C@H]1CC[C@]2(C)C3CCC4=C(CCC4(C)C)C3[C@@H](O)[C@H](O)C2C1. The van der Waals surface area contributed by atoms with E-state index >= 15 is 0 Å². The molecule has 0 spiro atoms. The Labute approximate surface area is 146 Å². The van der Waals surface area contributed by atoms with Crippen LogP contribution in [0.15, 0.2) is 11.1 Å². The van der Waals surface area contributed by atoms with Crippen molar-refractivity contribution < 1.29 is 10.2 Å². The lowest BCUT2D eigenvalue weighted by Gasteiger charge is -2.60. The van der Waals surface area contributed by atoms with Gasteiger partial charge in [0.05, 0.1) is 12.2 Å². The van der Waals surface area contributed by atoms with Gasteiger partial charge in [-0.2, -0.15) is 0 Å². The lowest BCUT2D eigenvalue weighted by molar-refractivity contribution is -0.174. The zero-order valence-corrected chi connectivity index (χ0v) is 15.8. The summed E-state index contributed by atoms with van der Waals surface area (Å²) in [4.78, 5) is 0. The molecule has 0 amide bonds. The van der Waals surface area contributed by atoms with Gasteiger partial charge in [0.1, 0.15) is 0 Å². The summed E-state index contributed by atoms with van der Waals surface area (Å²) in [6.45, 7) is 7.15. The van der Waals surface area contributed by atoms with E-state index < -0.39 is 12.2 Å². The van der Waals surface area contributed by atoms with Crippen molar-refractivity contribution in [2.75, 3.05) is 7.05 Å². The maximum atomic E-state index is 11.1. The molecule has 4 aliphatic rings. The molecule has 24 heavy (non-hydrogen) atoms. The van der Waals surface area contributed by atoms with E-state index in [0.29, 0.717) is 17.4 Å². The number of aliphatic hydroxyl groups is 2. The summed E-state index contributed by atoms with van der Waals surface area (Å²) in [6.07, 6.45) is 7.02. The van der Waals surface area contributed by atoms with Crippen molar-refractivity contribution in [2.45, 2.75) is 84.0 Å². The van der Waals surface area contributed by atoms with Crippen LogP contribution in [0.25, 0.3) is 0 Å². The quantitative estimate of drug-likeness (QED) is 0.646. The summed E-state index contributed by atoms with van der Waals surface area (Å²) in [7, 11) is 2.03. The molecule has 3 unspecified atom stereocenters.